The first kappa shape index (κ1) is 15.4. The van der Waals surface area contributed by atoms with Gasteiger partial charge >= 0.3 is 5.97 Å². The normalized spacial score (nSPS) is 14.8. The standard InChI is InChI=1S/C16H14N2O4S/c1-8(15(21)22-3)12-9(2)23-16(17-12)18-13(19)10-6-4-5-7-11(10)14(18)20/h4-8H,1-3H3. The van der Waals surface area contributed by atoms with Gasteiger partial charge in [0.1, 0.15) is 0 Å². The van der Waals surface area contributed by atoms with E-state index in [9.17, 15) is 14.4 Å². The van der Waals surface area contributed by atoms with Gasteiger partial charge in [-0.2, -0.15) is 0 Å². The molecule has 2 heterocycles. The number of hydrogen-bond acceptors (Lipinski definition) is 6. The van der Waals surface area contributed by atoms with Crippen molar-refractivity contribution in [3.05, 3.63) is 46.0 Å². The number of methoxy groups -OCH3 is 1. The molecule has 0 saturated carbocycles. The van der Waals surface area contributed by atoms with Crippen molar-refractivity contribution in [3.8, 4) is 0 Å². The molecule has 1 aliphatic heterocycles. The van der Waals surface area contributed by atoms with Crippen molar-refractivity contribution in [1.29, 1.82) is 0 Å². The van der Waals surface area contributed by atoms with Crippen LogP contribution >= 0.6 is 11.3 Å². The Labute approximate surface area is 136 Å². The molecule has 0 aliphatic carbocycles. The van der Waals surface area contributed by atoms with E-state index < -0.39 is 23.7 Å². The summed E-state index contributed by atoms with van der Waals surface area (Å²) in [4.78, 5) is 42.8. The monoisotopic (exact) mass is 330 g/mol. The van der Waals surface area contributed by atoms with Gasteiger partial charge < -0.3 is 4.74 Å². The van der Waals surface area contributed by atoms with Crippen molar-refractivity contribution < 1.29 is 19.1 Å². The lowest BCUT2D eigenvalue weighted by atomic mass is 10.1. The number of carbonyl (C=O) groups is 3. The summed E-state index contributed by atoms with van der Waals surface area (Å²) >= 11 is 1.21. The number of esters is 1. The maximum Gasteiger partial charge on any atom is 0.314 e. The summed E-state index contributed by atoms with van der Waals surface area (Å²) in [6, 6.07) is 6.67. The maximum absolute atomic E-state index is 12.5. The third-order valence-electron chi connectivity index (χ3n) is 3.77. The summed E-state index contributed by atoms with van der Waals surface area (Å²) in [7, 11) is 1.31. The van der Waals surface area contributed by atoms with E-state index >= 15 is 0 Å². The van der Waals surface area contributed by atoms with Gasteiger partial charge in [0.15, 0.2) is 5.13 Å². The largest absolute Gasteiger partial charge is 0.469 e. The quantitative estimate of drug-likeness (QED) is 0.638. The van der Waals surface area contributed by atoms with E-state index in [1.165, 1.54) is 18.4 Å². The van der Waals surface area contributed by atoms with Crippen molar-refractivity contribution in [2.45, 2.75) is 19.8 Å². The molecule has 1 atom stereocenters. The average molecular weight is 330 g/mol. The van der Waals surface area contributed by atoms with Crippen LogP contribution < -0.4 is 4.90 Å². The molecule has 6 nitrogen and oxygen atoms in total. The van der Waals surface area contributed by atoms with E-state index in [4.69, 9.17) is 4.74 Å². The van der Waals surface area contributed by atoms with Gasteiger partial charge in [-0.05, 0) is 26.0 Å². The SMILES string of the molecule is COC(=O)C(C)c1nc(N2C(=O)c3ccccc3C2=O)sc1C. The van der Waals surface area contributed by atoms with Gasteiger partial charge in [-0.25, -0.2) is 9.88 Å². The highest BCUT2D eigenvalue weighted by molar-refractivity contribution is 7.16. The lowest BCUT2D eigenvalue weighted by Gasteiger charge is -2.09. The maximum atomic E-state index is 12.5. The van der Waals surface area contributed by atoms with Crippen LogP contribution in [0.3, 0.4) is 0 Å². The Kier molecular flexibility index (Phi) is 3.73. The summed E-state index contributed by atoms with van der Waals surface area (Å²) in [6.07, 6.45) is 0. The molecule has 118 valence electrons. The number of aromatic nitrogens is 1. The molecule has 0 N–H and O–H groups in total. The Morgan fingerprint density at radius 1 is 1.22 bits per heavy atom. The highest BCUT2D eigenvalue weighted by atomic mass is 32.1. The number of hydrogen-bond donors (Lipinski definition) is 0. The molecular weight excluding hydrogens is 316 g/mol. The van der Waals surface area contributed by atoms with Crippen molar-refractivity contribution in [1.82, 2.24) is 4.98 Å². The molecule has 0 fully saturated rings. The van der Waals surface area contributed by atoms with E-state index in [2.05, 4.69) is 4.98 Å². The minimum absolute atomic E-state index is 0.277. The number of rotatable bonds is 3. The smallest absolute Gasteiger partial charge is 0.314 e. The molecule has 1 aromatic carbocycles. The van der Waals surface area contributed by atoms with E-state index in [-0.39, 0.29) is 5.13 Å². The third-order valence-corrected chi connectivity index (χ3v) is 4.74. The van der Waals surface area contributed by atoms with Gasteiger partial charge in [-0.15, -0.1) is 11.3 Å². The molecule has 1 unspecified atom stereocenters. The van der Waals surface area contributed by atoms with Crippen LogP contribution in [0.1, 0.15) is 44.1 Å². The molecule has 1 aliphatic rings. The number of anilines is 1. The first-order valence-corrected chi connectivity index (χ1v) is 7.80. The van der Waals surface area contributed by atoms with Gasteiger partial charge in [0, 0.05) is 4.88 Å². The number of ether oxygens (including phenoxy) is 1. The van der Waals surface area contributed by atoms with Gasteiger partial charge in [0.05, 0.1) is 29.8 Å². The van der Waals surface area contributed by atoms with Crippen molar-refractivity contribution in [2.24, 2.45) is 0 Å². The molecule has 23 heavy (non-hydrogen) atoms. The summed E-state index contributed by atoms with van der Waals surface area (Å²) in [5.41, 5.74) is 1.26. The van der Waals surface area contributed by atoms with Crippen molar-refractivity contribution in [2.75, 3.05) is 12.0 Å². The third kappa shape index (κ3) is 2.33. The number of benzene rings is 1. The van der Waals surface area contributed by atoms with Crippen LogP contribution in [-0.2, 0) is 9.53 Å². The van der Waals surface area contributed by atoms with Gasteiger partial charge in [0.2, 0.25) is 0 Å². The average Bonchev–Trinajstić information content (AvgIpc) is 3.05. The van der Waals surface area contributed by atoms with E-state index in [1.54, 1.807) is 38.1 Å². The van der Waals surface area contributed by atoms with Crippen LogP contribution in [0.2, 0.25) is 0 Å². The predicted molar refractivity (Wildman–Crippen MR) is 84.9 cm³/mol. The fourth-order valence-corrected chi connectivity index (χ4v) is 3.54. The lowest BCUT2D eigenvalue weighted by Crippen LogP contribution is -2.29. The van der Waals surface area contributed by atoms with Crippen LogP contribution in [0.4, 0.5) is 5.13 Å². The van der Waals surface area contributed by atoms with Crippen LogP contribution in [-0.4, -0.2) is 29.9 Å². The van der Waals surface area contributed by atoms with E-state index in [1.807, 2.05) is 0 Å². The number of amides is 2. The predicted octanol–water partition coefficient (Wildman–Crippen LogP) is 2.53. The molecular formula is C16H14N2O4S. The highest BCUT2D eigenvalue weighted by Gasteiger charge is 2.38. The Morgan fingerprint density at radius 2 is 1.78 bits per heavy atom. The minimum atomic E-state index is -0.555. The van der Waals surface area contributed by atoms with Gasteiger partial charge in [-0.1, -0.05) is 12.1 Å². The number of aryl methyl sites for hydroxylation is 1. The lowest BCUT2D eigenvalue weighted by molar-refractivity contribution is -0.142. The minimum Gasteiger partial charge on any atom is -0.469 e. The van der Waals surface area contributed by atoms with Crippen LogP contribution in [0.5, 0.6) is 0 Å². The van der Waals surface area contributed by atoms with Gasteiger partial charge in [0.25, 0.3) is 11.8 Å². The Hall–Kier alpha value is -2.54. The van der Waals surface area contributed by atoms with Crippen LogP contribution in [0, 0.1) is 6.92 Å². The van der Waals surface area contributed by atoms with Gasteiger partial charge in [-0.3, -0.25) is 14.4 Å². The fraction of sp³-hybridized carbons (Fsp3) is 0.250. The molecule has 0 bridgehead atoms. The summed E-state index contributed by atoms with van der Waals surface area (Å²) in [5, 5.41) is 0.277. The summed E-state index contributed by atoms with van der Waals surface area (Å²) in [6.45, 7) is 3.48. The molecule has 2 amide bonds. The number of carbonyl (C=O) groups excluding carboxylic acids is 3. The molecule has 1 aromatic heterocycles. The number of imide groups is 1. The first-order valence-electron chi connectivity index (χ1n) is 6.98. The molecule has 0 spiro atoms. The zero-order chi connectivity index (χ0) is 16.7. The van der Waals surface area contributed by atoms with E-state index in [0.29, 0.717) is 16.8 Å². The molecule has 0 radical (unpaired) electrons. The van der Waals surface area contributed by atoms with E-state index in [0.717, 1.165) is 9.78 Å². The molecule has 0 saturated heterocycles. The zero-order valence-corrected chi connectivity index (χ0v) is 13.6. The number of nitrogens with zero attached hydrogens (tertiary/aromatic N) is 2. The van der Waals surface area contributed by atoms with Crippen LogP contribution in [0.15, 0.2) is 24.3 Å². The van der Waals surface area contributed by atoms with Crippen LogP contribution in [0.25, 0.3) is 0 Å². The number of thiazole rings is 1. The van der Waals surface area contributed by atoms with Crippen molar-refractivity contribution in [3.63, 3.8) is 0 Å². The second-order valence-corrected chi connectivity index (χ2v) is 6.36. The Bertz CT molecular complexity index is 792. The molecule has 3 rings (SSSR count). The summed E-state index contributed by atoms with van der Waals surface area (Å²) in [5.74, 6) is -1.75. The number of fused-ring (bicyclic) bond motifs is 1. The molecule has 7 heteroatoms. The highest BCUT2D eigenvalue weighted by Crippen LogP contribution is 2.35. The first-order chi connectivity index (χ1) is 11.0. The fourth-order valence-electron chi connectivity index (χ4n) is 2.54. The Morgan fingerprint density at radius 3 is 2.30 bits per heavy atom. The topological polar surface area (TPSA) is 76.6 Å². The summed E-state index contributed by atoms with van der Waals surface area (Å²) < 4.78 is 4.73. The van der Waals surface area contributed by atoms with Crippen molar-refractivity contribution >= 4 is 34.3 Å². The second-order valence-electron chi connectivity index (χ2n) is 5.17. The second kappa shape index (κ2) is 5.58. The Balaban J connectivity index is 2.00. The zero-order valence-electron chi connectivity index (χ0n) is 12.8. The molecule has 2 aromatic rings.